The second kappa shape index (κ2) is 16.0. The average Bonchev–Trinajstić information content (AvgIpc) is 3.78. The van der Waals surface area contributed by atoms with Crippen LogP contribution in [0.2, 0.25) is 0 Å². The van der Waals surface area contributed by atoms with E-state index in [0.29, 0.717) is 24.3 Å². The van der Waals surface area contributed by atoms with Gasteiger partial charge in [-0.2, -0.15) is 0 Å². The fourth-order valence-electron chi connectivity index (χ4n) is 7.16. The van der Waals surface area contributed by atoms with E-state index in [1.54, 1.807) is 24.3 Å². The maximum Gasteiger partial charge on any atom is 0.229 e. The van der Waals surface area contributed by atoms with Gasteiger partial charge in [0.25, 0.3) is 0 Å². The standard InChI is InChI=1S/C34H46O18/c1-43-17-5-13(6-18(44-2)31(17)51-33-27(41)25(39)23(37)21(9-35)49-33)29-15-11-48-30(16(15)12-47-29)14-7-19(45-3)32(20(8-14)46-4)52-34-28(42)26(40)24(38)22(10-36)50-34/h5-8,15-16,21-30,33-42H,9-12H2,1-4H3/t15-,16-,21+,22+,23+,24+,25-,26-,27+,28+,29+,30+,33-,34?/m0/s1. The number of aliphatic hydroxyl groups excluding tert-OH is 8. The third-order valence-corrected chi connectivity index (χ3v) is 10.1. The smallest absolute Gasteiger partial charge is 0.229 e. The highest BCUT2D eigenvalue weighted by Crippen LogP contribution is 2.54. The summed E-state index contributed by atoms with van der Waals surface area (Å²) in [6, 6.07) is 6.78. The third kappa shape index (κ3) is 6.94. The van der Waals surface area contributed by atoms with Crippen molar-refractivity contribution in [2.45, 2.75) is 73.6 Å². The molecule has 0 spiro atoms. The van der Waals surface area contributed by atoms with Crippen LogP contribution < -0.4 is 28.4 Å². The number of methoxy groups -OCH3 is 4. The van der Waals surface area contributed by atoms with E-state index in [1.807, 2.05) is 0 Å². The van der Waals surface area contributed by atoms with E-state index >= 15 is 0 Å². The molecule has 2 aromatic rings. The summed E-state index contributed by atoms with van der Waals surface area (Å²) < 4.78 is 58.0. The number of ether oxygens (including phenoxy) is 10. The Morgan fingerprint density at radius 3 is 1.13 bits per heavy atom. The lowest BCUT2D eigenvalue weighted by Gasteiger charge is -2.39. The van der Waals surface area contributed by atoms with Crippen LogP contribution in [0.25, 0.3) is 0 Å². The monoisotopic (exact) mass is 742 g/mol. The van der Waals surface area contributed by atoms with Crippen LogP contribution >= 0.6 is 0 Å². The molecule has 8 N–H and O–H groups in total. The van der Waals surface area contributed by atoms with Gasteiger partial charge in [-0.15, -0.1) is 0 Å². The first kappa shape index (κ1) is 38.5. The van der Waals surface area contributed by atoms with E-state index in [0.717, 1.165) is 0 Å². The van der Waals surface area contributed by atoms with Crippen molar-refractivity contribution in [2.75, 3.05) is 54.9 Å². The van der Waals surface area contributed by atoms with E-state index in [2.05, 4.69) is 0 Å². The largest absolute Gasteiger partial charge is 0.493 e. The Bertz CT molecular complexity index is 1360. The predicted molar refractivity (Wildman–Crippen MR) is 172 cm³/mol. The Hall–Kier alpha value is -3.24. The topological polar surface area (TPSA) is 254 Å². The Balaban J connectivity index is 1.22. The van der Waals surface area contributed by atoms with E-state index in [-0.39, 0.29) is 46.3 Å². The summed E-state index contributed by atoms with van der Waals surface area (Å²) >= 11 is 0. The van der Waals surface area contributed by atoms with E-state index < -0.39 is 86.8 Å². The number of rotatable bonds is 12. The summed E-state index contributed by atoms with van der Waals surface area (Å²) in [6.07, 6.45) is -15.9. The van der Waals surface area contributed by atoms with Crippen LogP contribution in [0.5, 0.6) is 34.5 Å². The highest BCUT2D eigenvalue weighted by Gasteiger charge is 2.50. The van der Waals surface area contributed by atoms with Crippen LogP contribution in [-0.2, 0) is 18.9 Å². The fraction of sp³-hybridized carbons (Fsp3) is 0.647. The number of hydrogen-bond donors (Lipinski definition) is 8. The number of hydrogen-bond acceptors (Lipinski definition) is 18. The average molecular weight is 743 g/mol. The highest BCUT2D eigenvalue weighted by molar-refractivity contribution is 5.56. The second-order valence-electron chi connectivity index (χ2n) is 13.0. The van der Waals surface area contributed by atoms with Crippen molar-refractivity contribution in [1.29, 1.82) is 0 Å². The Kier molecular flexibility index (Phi) is 11.8. The van der Waals surface area contributed by atoms with Gasteiger partial charge in [-0.3, -0.25) is 0 Å². The van der Waals surface area contributed by atoms with Gasteiger partial charge in [-0.05, 0) is 35.4 Å². The molecule has 0 saturated carbocycles. The number of benzene rings is 2. The Morgan fingerprint density at radius 2 is 0.846 bits per heavy atom. The molecule has 1 unspecified atom stereocenters. The molecular weight excluding hydrogens is 696 g/mol. The summed E-state index contributed by atoms with van der Waals surface area (Å²) in [5.41, 5.74) is 1.37. The zero-order valence-corrected chi connectivity index (χ0v) is 28.9. The fourth-order valence-corrected chi connectivity index (χ4v) is 7.16. The maximum absolute atomic E-state index is 10.5. The van der Waals surface area contributed by atoms with Gasteiger partial charge in [0.05, 0.1) is 67.1 Å². The SMILES string of the molecule is COc1cc([C@H]2OC[C@H]3[C@@H]2CO[C@@H]3c2cc(OC)c(O[C@@H]3O[C@H](CO)[C@@H](O)[C@H](O)[C@H]3O)c(OC)c2)cc(OC)c1OC1O[C@H](CO)[C@@H](O)[C@H](O)[C@H]1O. The number of aliphatic hydroxyl groups is 8. The first-order valence-corrected chi connectivity index (χ1v) is 16.7. The molecule has 4 aliphatic heterocycles. The van der Waals surface area contributed by atoms with Crippen LogP contribution in [0.3, 0.4) is 0 Å². The van der Waals surface area contributed by atoms with Gasteiger partial charge in [0.1, 0.15) is 48.8 Å². The molecule has 52 heavy (non-hydrogen) atoms. The van der Waals surface area contributed by atoms with Crippen molar-refractivity contribution in [3.63, 3.8) is 0 Å². The lowest BCUT2D eigenvalue weighted by atomic mass is 9.84. The van der Waals surface area contributed by atoms with Gasteiger partial charge in [0, 0.05) is 11.8 Å². The molecule has 4 aliphatic rings. The normalized spacial score (nSPS) is 37.3. The summed E-state index contributed by atoms with van der Waals surface area (Å²) in [7, 11) is 5.66. The van der Waals surface area contributed by atoms with Gasteiger partial charge >= 0.3 is 0 Å². The van der Waals surface area contributed by atoms with Gasteiger partial charge in [-0.25, -0.2) is 0 Å². The van der Waals surface area contributed by atoms with Crippen molar-refractivity contribution < 1.29 is 88.2 Å². The Labute approximate surface area is 298 Å². The molecule has 0 amide bonds. The maximum atomic E-state index is 10.5. The zero-order valence-electron chi connectivity index (χ0n) is 28.9. The summed E-state index contributed by atoms with van der Waals surface area (Å²) in [5.74, 6) is 0.683. The first-order chi connectivity index (χ1) is 25.0. The first-order valence-electron chi connectivity index (χ1n) is 16.7. The molecule has 0 aromatic heterocycles. The van der Waals surface area contributed by atoms with E-state index in [1.165, 1.54) is 28.4 Å². The molecule has 6 rings (SSSR count). The molecule has 4 heterocycles. The Morgan fingerprint density at radius 1 is 0.519 bits per heavy atom. The molecule has 290 valence electrons. The quantitative estimate of drug-likeness (QED) is 0.119. The van der Waals surface area contributed by atoms with Crippen LogP contribution in [0.15, 0.2) is 24.3 Å². The van der Waals surface area contributed by atoms with Crippen molar-refractivity contribution in [3.8, 4) is 34.5 Å². The molecule has 14 atom stereocenters. The molecule has 18 nitrogen and oxygen atoms in total. The molecule has 4 fully saturated rings. The van der Waals surface area contributed by atoms with Crippen molar-refractivity contribution in [1.82, 2.24) is 0 Å². The predicted octanol–water partition coefficient (Wildman–Crippen LogP) is -1.85. The molecule has 4 saturated heterocycles. The van der Waals surface area contributed by atoms with Crippen LogP contribution in [0.1, 0.15) is 23.3 Å². The van der Waals surface area contributed by atoms with Gasteiger partial charge in [0.15, 0.2) is 23.0 Å². The summed E-state index contributed by atoms with van der Waals surface area (Å²) in [5, 5.41) is 81.0. The van der Waals surface area contributed by atoms with E-state index in [9.17, 15) is 40.9 Å². The third-order valence-electron chi connectivity index (χ3n) is 10.1. The van der Waals surface area contributed by atoms with E-state index in [4.69, 9.17) is 47.4 Å². The minimum atomic E-state index is -1.65. The van der Waals surface area contributed by atoms with Crippen molar-refractivity contribution >= 4 is 0 Å². The van der Waals surface area contributed by atoms with Crippen LogP contribution in [0, 0.1) is 11.8 Å². The van der Waals surface area contributed by atoms with Gasteiger partial charge in [-0.1, -0.05) is 0 Å². The molecule has 2 aromatic carbocycles. The second-order valence-corrected chi connectivity index (χ2v) is 13.0. The molecule has 0 radical (unpaired) electrons. The molecular formula is C34H46O18. The summed E-state index contributed by atoms with van der Waals surface area (Å²) in [4.78, 5) is 0. The summed E-state index contributed by atoms with van der Waals surface area (Å²) in [6.45, 7) is -0.604. The van der Waals surface area contributed by atoms with Crippen molar-refractivity contribution in [2.24, 2.45) is 11.8 Å². The molecule has 0 bridgehead atoms. The zero-order chi connectivity index (χ0) is 37.4. The molecule has 0 aliphatic carbocycles. The lowest BCUT2D eigenvalue weighted by molar-refractivity contribution is -0.277. The van der Waals surface area contributed by atoms with Crippen LogP contribution in [-0.4, -0.2) is 157 Å². The molecule has 18 heteroatoms. The number of fused-ring (bicyclic) bond motifs is 1. The highest BCUT2D eigenvalue weighted by atomic mass is 16.7. The van der Waals surface area contributed by atoms with Crippen molar-refractivity contribution in [3.05, 3.63) is 35.4 Å². The van der Waals surface area contributed by atoms with Crippen LogP contribution in [0.4, 0.5) is 0 Å². The van der Waals surface area contributed by atoms with Gasteiger partial charge in [0.2, 0.25) is 24.1 Å². The lowest BCUT2D eigenvalue weighted by Crippen LogP contribution is -2.60. The van der Waals surface area contributed by atoms with Gasteiger partial charge < -0.3 is 88.2 Å². The minimum absolute atomic E-state index is 0.0541. The minimum Gasteiger partial charge on any atom is -0.493 e.